The van der Waals surface area contributed by atoms with Gasteiger partial charge in [0, 0.05) is 6.61 Å². The first-order chi connectivity index (χ1) is 5.87. The van der Waals surface area contributed by atoms with E-state index < -0.39 is 17.6 Å². The molecule has 0 spiro atoms. The zero-order chi connectivity index (χ0) is 10.5. The average molecular weight is 220 g/mol. The van der Waals surface area contributed by atoms with Gasteiger partial charge in [-0.2, -0.15) is 0 Å². The summed E-state index contributed by atoms with van der Waals surface area (Å²) in [6.45, 7) is 13.9. The van der Waals surface area contributed by atoms with Crippen molar-refractivity contribution >= 4 is 17.6 Å². The zero-order valence-electron chi connectivity index (χ0n) is 9.89. The SMILES string of the molecule is CCC(C)CO[Si](C)(C)O[SiH](C)C. The number of rotatable bonds is 6. The number of hydrogen-bond donors (Lipinski definition) is 0. The largest absolute Gasteiger partial charge is 0.439 e. The first kappa shape index (κ1) is 13.4. The molecule has 1 atom stereocenters. The molecular weight excluding hydrogens is 196 g/mol. The molecular formula is C9H24O2Si2. The Balaban J connectivity index is 3.74. The lowest BCUT2D eigenvalue weighted by molar-refractivity contribution is 0.207. The summed E-state index contributed by atoms with van der Waals surface area (Å²) >= 11 is 0. The third kappa shape index (κ3) is 7.43. The Labute approximate surface area is 85.6 Å². The molecule has 0 aromatic carbocycles. The lowest BCUT2D eigenvalue weighted by Gasteiger charge is -2.26. The van der Waals surface area contributed by atoms with Crippen LogP contribution in [0.1, 0.15) is 20.3 Å². The highest BCUT2D eigenvalue weighted by molar-refractivity contribution is 6.72. The minimum Gasteiger partial charge on any atom is -0.439 e. The standard InChI is InChI=1S/C9H24O2Si2/c1-7-9(2)8-10-13(5,6)11-12(3)4/h9,12H,7-8H2,1-6H3. The maximum absolute atomic E-state index is 5.89. The van der Waals surface area contributed by atoms with E-state index in [0.717, 1.165) is 6.61 Å². The van der Waals surface area contributed by atoms with Crippen molar-refractivity contribution in [2.75, 3.05) is 6.61 Å². The second-order valence-electron chi connectivity index (χ2n) is 4.39. The quantitative estimate of drug-likeness (QED) is 0.641. The fourth-order valence-corrected chi connectivity index (χ4v) is 6.56. The lowest BCUT2D eigenvalue weighted by Crippen LogP contribution is -2.40. The first-order valence-electron chi connectivity index (χ1n) is 5.19. The van der Waals surface area contributed by atoms with Gasteiger partial charge in [0.2, 0.25) is 0 Å². The van der Waals surface area contributed by atoms with E-state index in [-0.39, 0.29) is 0 Å². The highest BCUT2D eigenvalue weighted by atomic mass is 28.4. The molecule has 0 saturated carbocycles. The van der Waals surface area contributed by atoms with E-state index in [1.165, 1.54) is 6.42 Å². The van der Waals surface area contributed by atoms with Crippen LogP contribution < -0.4 is 0 Å². The predicted molar refractivity (Wildman–Crippen MR) is 62.9 cm³/mol. The second-order valence-corrected chi connectivity index (χ2v) is 10.5. The maximum atomic E-state index is 5.89. The molecule has 0 amide bonds. The van der Waals surface area contributed by atoms with Gasteiger partial charge in [-0.25, -0.2) is 0 Å². The molecule has 0 bridgehead atoms. The van der Waals surface area contributed by atoms with Crippen LogP contribution in [0.25, 0.3) is 0 Å². The van der Waals surface area contributed by atoms with E-state index in [1.54, 1.807) is 0 Å². The van der Waals surface area contributed by atoms with Crippen LogP contribution in [0.15, 0.2) is 0 Å². The van der Waals surface area contributed by atoms with Crippen LogP contribution >= 0.6 is 0 Å². The molecule has 0 aromatic rings. The van der Waals surface area contributed by atoms with Crippen molar-refractivity contribution in [1.82, 2.24) is 0 Å². The van der Waals surface area contributed by atoms with Crippen molar-refractivity contribution < 1.29 is 8.54 Å². The van der Waals surface area contributed by atoms with Gasteiger partial charge in [0.1, 0.15) is 0 Å². The van der Waals surface area contributed by atoms with Crippen molar-refractivity contribution in [1.29, 1.82) is 0 Å². The van der Waals surface area contributed by atoms with Gasteiger partial charge >= 0.3 is 8.56 Å². The third-order valence-electron chi connectivity index (χ3n) is 1.93. The Morgan fingerprint density at radius 2 is 1.85 bits per heavy atom. The average Bonchev–Trinajstić information content (AvgIpc) is 1.98. The summed E-state index contributed by atoms with van der Waals surface area (Å²) < 4.78 is 11.7. The van der Waals surface area contributed by atoms with Crippen LogP contribution in [-0.4, -0.2) is 24.2 Å². The Bertz CT molecular complexity index is 138. The Morgan fingerprint density at radius 3 is 2.23 bits per heavy atom. The molecule has 0 saturated heterocycles. The monoisotopic (exact) mass is 220 g/mol. The van der Waals surface area contributed by atoms with Crippen LogP contribution in [0, 0.1) is 5.92 Å². The Morgan fingerprint density at radius 1 is 1.31 bits per heavy atom. The van der Waals surface area contributed by atoms with Gasteiger partial charge in [0.15, 0.2) is 9.04 Å². The Kier molecular flexibility index (Phi) is 6.12. The second kappa shape index (κ2) is 5.95. The highest BCUT2D eigenvalue weighted by Gasteiger charge is 2.26. The van der Waals surface area contributed by atoms with Crippen LogP contribution in [-0.2, 0) is 8.54 Å². The minimum absolute atomic E-state index is 0.657. The minimum atomic E-state index is -1.78. The topological polar surface area (TPSA) is 18.5 Å². The zero-order valence-corrected chi connectivity index (χ0v) is 12.0. The summed E-state index contributed by atoms with van der Waals surface area (Å²) in [5.74, 6) is 0.657. The summed E-state index contributed by atoms with van der Waals surface area (Å²) in [6, 6.07) is 0. The molecule has 13 heavy (non-hydrogen) atoms. The molecule has 0 aliphatic heterocycles. The maximum Gasteiger partial charge on any atom is 0.321 e. The molecule has 0 N–H and O–H groups in total. The van der Waals surface area contributed by atoms with Crippen LogP contribution in [0.5, 0.6) is 0 Å². The fraction of sp³-hybridized carbons (Fsp3) is 1.00. The lowest BCUT2D eigenvalue weighted by atomic mass is 10.1. The van der Waals surface area contributed by atoms with E-state index in [0.29, 0.717) is 5.92 Å². The van der Waals surface area contributed by atoms with Gasteiger partial charge in [0.25, 0.3) is 0 Å². The van der Waals surface area contributed by atoms with Crippen molar-refractivity contribution in [2.45, 2.75) is 46.5 Å². The van der Waals surface area contributed by atoms with E-state index >= 15 is 0 Å². The molecule has 0 rings (SSSR count). The van der Waals surface area contributed by atoms with E-state index in [4.69, 9.17) is 8.54 Å². The van der Waals surface area contributed by atoms with Crippen LogP contribution in [0.3, 0.4) is 0 Å². The molecule has 4 heteroatoms. The molecule has 0 fully saturated rings. The summed E-state index contributed by atoms with van der Waals surface area (Å²) in [5, 5.41) is 0. The van der Waals surface area contributed by atoms with E-state index in [1.807, 2.05) is 0 Å². The molecule has 80 valence electrons. The first-order valence-corrected chi connectivity index (χ1v) is 10.8. The summed E-state index contributed by atoms with van der Waals surface area (Å²) in [6.07, 6.45) is 1.18. The smallest absolute Gasteiger partial charge is 0.321 e. The van der Waals surface area contributed by atoms with Crippen molar-refractivity contribution in [3.63, 3.8) is 0 Å². The molecule has 2 nitrogen and oxygen atoms in total. The van der Waals surface area contributed by atoms with Crippen molar-refractivity contribution in [3.8, 4) is 0 Å². The molecule has 0 aromatic heterocycles. The van der Waals surface area contributed by atoms with Crippen LogP contribution in [0.4, 0.5) is 0 Å². The molecule has 0 aliphatic rings. The Hall–Kier alpha value is 0.354. The van der Waals surface area contributed by atoms with Gasteiger partial charge < -0.3 is 8.54 Å². The molecule has 0 aliphatic carbocycles. The number of hydrogen-bond acceptors (Lipinski definition) is 2. The highest BCUT2D eigenvalue weighted by Crippen LogP contribution is 2.11. The van der Waals surface area contributed by atoms with Gasteiger partial charge in [-0.1, -0.05) is 20.3 Å². The summed E-state index contributed by atoms with van der Waals surface area (Å²) in [4.78, 5) is 0. The van der Waals surface area contributed by atoms with Crippen LogP contribution in [0.2, 0.25) is 26.2 Å². The van der Waals surface area contributed by atoms with Gasteiger partial charge in [0.05, 0.1) is 0 Å². The molecule has 0 radical (unpaired) electrons. The van der Waals surface area contributed by atoms with Gasteiger partial charge in [-0.15, -0.1) is 0 Å². The van der Waals surface area contributed by atoms with E-state index in [9.17, 15) is 0 Å². The van der Waals surface area contributed by atoms with Gasteiger partial charge in [-0.05, 0) is 32.1 Å². The fourth-order valence-electron chi connectivity index (χ4n) is 1.06. The molecule has 0 heterocycles. The van der Waals surface area contributed by atoms with E-state index in [2.05, 4.69) is 40.0 Å². The van der Waals surface area contributed by atoms with Crippen molar-refractivity contribution in [3.05, 3.63) is 0 Å². The summed E-state index contributed by atoms with van der Waals surface area (Å²) in [7, 11) is -2.71. The predicted octanol–water partition coefficient (Wildman–Crippen LogP) is 2.75. The third-order valence-corrected chi connectivity index (χ3v) is 6.95. The summed E-state index contributed by atoms with van der Waals surface area (Å²) in [5.41, 5.74) is 0. The molecule has 1 unspecified atom stereocenters. The van der Waals surface area contributed by atoms with Crippen molar-refractivity contribution in [2.24, 2.45) is 5.92 Å². The normalized spacial score (nSPS) is 15.0. The van der Waals surface area contributed by atoms with Gasteiger partial charge in [-0.3, -0.25) is 0 Å².